The minimum atomic E-state index is -3.80. The van der Waals surface area contributed by atoms with E-state index in [1.54, 1.807) is 27.7 Å². The fourth-order valence-corrected chi connectivity index (χ4v) is 9.11. The van der Waals surface area contributed by atoms with Crippen LogP contribution in [0.25, 0.3) is 0 Å². The van der Waals surface area contributed by atoms with Crippen LogP contribution in [0.15, 0.2) is 0 Å². The average Bonchev–Trinajstić information content (AvgIpc) is 2.61. The van der Waals surface area contributed by atoms with Crippen molar-refractivity contribution in [2.45, 2.75) is 72.1 Å². The van der Waals surface area contributed by atoms with Gasteiger partial charge in [-0.2, -0.15) is 0 Å². The molecule has 1 rings (SSSR count). The predicted octanol–water partition coefficient (Wildman–Crippen LogP) is 5.63. The largest absolute Gasteiger partial charge is 0.345 e. The first-order chi connectivity index (χ1) is 12.8. The van der Waals surface area contributed by atoms with Crippen LogP contribution in [0.3, 0.4) is 0 Å². The molecule has 1 aliphatic carbocycles. The van der Waals surface area contributed by atoms with Crippen LogP contribution >= 0.6 is 15.2 Å². The van der Waals surface area contributed by atoms with Gasteiger partial charge in [0, 0.05) is 12.3 Å². The van der Waals surface area contributed by atoms with Crippen molar-refractivity contribution in [1.29, 1.82) is 0 Å². The van der Waals surface area contributed by atoms with Crippen molar-refractivity contribution in [3.05, 3.63) is 0 Å². The van der Waals surface area contributed by atoms with Crippen LogP contribution in [0, 0.1) is 11.8 Å². The molecule has 0 radical (unpaired) electrons. The molecule has 0 aromatic carbocycles. The Balaban J connectivity index is 3.28. The molecule has 2 atom stereocenters. The summed E-state index contributed by atoms with van der Waals surface area (Å²) < 4.78 is 49.1. The van der Waals surface area contributed by atoms with E-state index in [9.17, 15) is 13.9 Å². The number of rotatable bonds is 13. The number of ketones is 1. The average molecular weight is 426 g/mol. The molecule has 7 nitrogen and oxygen atoms in total. The molecule has 9 heteroatoms. The molecule has 0 aromatic rings. The molecule has 0 bridgehead atoms. The Hall–Kier alpha value is -0.0300. The topological polar surface area (TPSA) is 88.1 Å². The first-order valence-electron chi connectivity index (χ1n) is 10.1. The quantitative estimate of drug-likeness (QED) is 0.353. The van der Waals surface area contributed by atoms with Gasteiger partial charge < -0.3 is 18.1 Å². The third-order valence-corrected chi connectivity index (χ3v) is 11.0. The van der Waals surface area contributed by atoms with E-state index >= 15 is 0 Å². The summed E-state index contributed by atoms with van der Waals surface area (Å²) in [5.41, 5.74) is 0. The molecule has 0 saturated heterocycles. The molecule has 1 aliphatic rings. The lowest BCUT2D eigenvalue weighted by Crippen LogP contribution is -2.29. The highest BCUT2D eigenvalue weighted by molar-refractivity contribution is 7.72. The summed E-state index contributed by atoms with van der Waals surface area (Å²) in [5, 5.41) is -1.10. The van der Waals surface area contributed by atoms with Crippen LogP contribution in [0.5, 0.6) is 0 Å². The minimum absolute atomic E-state index is 0.115. The summed E-state index contributed by atoms with van der Waals surface area (Å²) in [5.74, 6) is 0.214. The maximum Gasteiger partial charge on any atom is 0.345 e. The molecule has 0 unspecified atom stereocenters. The Kier molecular flexibility index (Phi) is 11.0. The number of hydrogen-bond acceptors (Lipinski definition) is 7. The van der Waals surface area contributed by atoms with Crippen molar-refractivity contribution in [1.82, 2.24) is 0 Å². The first kappa shape index (κ1) is 25.0. The molecule has 1 saturated carbocycles. The van der Waals surface area contributed by atoms with E-state index < -0.39 is 20.6 Å². The third-order valence-electron chi connectivity index (χ3n) is 4.91. The summed E-state index contributed by atoms with van der Waals surface area (Å²) in [6.07, 6.45) is 3.18. The molecular weight excluding hydrogens is 390 g/mol. The highest BCUT2D eigenvalue weighted by Crippen LogP contribution is 2.72. The maximum atomic E-state index is 13.6. The Bertz CT molecular complexity index is 502. The third kappa shape index (κ3) is 6.76. The zero-order valence-corrected chi connectivity index (χ0v) is 19.1. The fourth-order valence-electron chi connectivity index (χ4n) is 3.62. The summed E-state index contributed by atoms with van der Waals surface area (Å²) in [6, 6.07) is 0. The lowest BCUT2D eigenvalue weighted by Gasteiger charge is -2.35. The maximum absolute atomic E-state index is 13.6. The van der Waals surface area contributed by atoms with Gasteiger partial charge in [-0.15, -0.1) is 0 Å². The SMILES string of the molecule is CCOP(=O)(OCC)C(C[C@@H]1C[C@@H](CC)CCC1=O)P(=O)(OCC)OCC. The van der Waals surface area contributed by atoms with Gasteiger partial charge in [-0.3, -0.25) is 13.9 Å². The van der Waals surface area contributed by atoms with Crippen LogP contribution in [0.4, 0.5) is 0 Å². The van der Waals surface area contributed by atoms with Gasteiger partial charge in [-0.25, -0.2) is 0 Å². The van der Waals surface area contributed by atoms with Crippen molar-refractivity contribution in [3.63, 3.8) is 0 Å². The summed E-state index contributed by atoms with van der Waals surface area (Å²) >= 11 is 0. The molecule has 1 fully saturated rings. The highest BCUT2D eigenvalue weighted by Gasteiger charge is 2.52. The van der Waals surface area contributed by atoms with Gasteiger partial charge in [0.15, 0.2) is 5.40 Å². The van der Waals surface area contributed by atoms with Crippen molar-refractivity contribution in [3.8, 4) is 0 Å². The van der Waals surface area contributed by atoms with Gasteiger partial charge in [0.05, 0.1) is 26.4 Å². The number of carbonyl (C=O) groups excluding carboxylic acids is 1. The lowest BCUT2D eigenvalue weighted by molar-refractivity contribution is -0.125. The first-order valence-corrected chi connectivity index (χ1v) is 13.3. The zero-order valence-electron chi connectivity index (χ0n) is 17.3. The molecule has 0 aliphatic heterocycles. The molecule has 0 amide bonds. The minimum Gasteiger partial charge on any atom is -0.308 e. The standard InChI is InChI=1S/C18H36O7P2/c1-6-15-11-12-17(19)16(13-15)14-18(26(20,22-7-2)23-8-3)27(21,24-9-4)25-10-5/h15-16,18H,6-14H2,1-5H3/t15-,16-/m0/s1. The van der Waals surface area contributed by atoms with Gasteiger partial charge in [-0.05, 0) is 52.9 Å². The van der Waals surface area contributed by atoms with E-state index in [-0.39, 0.29) is 44.5 Å². The van der Waals surface area contributed by atoms with E-state index in [4.69, 9.17) is 18.1 Å². The highest BCUT2D eigenvalue weighted by atomic mass is 31.2. The van der Waals surface area contributed by atoms with Crippen LogP contribution in [0.1, 0.15) is 66.7 Å². The second-order valence-electron chi connectivity index (χ2n) is 6.68. The van der Waals surface area contributed by atoms with Crippen molar-refractivity contribution in [2.75, 3.05) is 26.4 Å². The van der Waals surface area contributed by atoms with Gasteiger partial charge in [0.1, 0.15) is 5.78 Å². The van der Waals surface area contributed by atoms with Crippen LogP contribution < -0.4 is 0 Å². The number of carbonyl (C=O) groups is 1. The van der Waals surface area contributed by atoms with Crippen molar-refractivity contribution < 1.29 is 32.0 Å². The Morgan fingerprint density at radius 3 is 1.70 bits per heavy atom. The van der Waals surface area contributed by atoms with Crippen molar-refractivity contribution in [2.24, 2.45) is 11.8 Å². The molecular formula is C18H36O7P2. The van der Waals surface area contributed by atoms with Gasteiger partial charge in [0.25, 0.3) is 0 Å². The van der Waals surface area contributed by atoms with Gasteiger partial charge >= 0.3 is 15.2 Å². The Morgan fingerprint density at radius 2 is 1.33 bits per heavy atom. The normalized spacial score (nSPS) is 21.8. The predicted molar refractivity (Wildman–Crippen MR) is 106 cm³/mol. The van der Waals surface area contributed by atoms with Crippen LogP contribution in [0.2, 0.25) is 0 Å². The number of Topliss-reactive ketones (excluding diaryl/α,β-unsaturated/α-hetero) is 1. The smallest absolute Gasteiger partial charge is 0.308 e. The Morgan fingerprint density at radius 1 is 0.889 bits per heavy atom. The van der Waals surface area contributed by atoms with E-state index in [2.05, 4.69) is 6.92 Å². The van der Waals surface area contributed by atoms with Crippen molar-refractivity contribution >= 4 is 21.0 Å². The van der Waals surface area contributed by atoms with Crippen LogP contribution in [-0.4, -0.2) is 37.6 Å². The summed E-state index contributed by atoms with van der Waals surface area (Å²) in [6.45, 7) is 9.48. The molecule has 27 heavy (non-hydrogen) atoms. The number of hydrogen-bond donors (Lipinski definition) is 0. The molecule has 0 heterocycles. The van der Waals surface area contributed by atoms with Gasteiger partial charge in [0.2, 0.25) is 0 Å². The summed E-state index contributed by atoms with van der Waals surface area (Å²) in [4.78, 5) is 12.5. The van der Waals surface area contributed by atoms with Crippen LogP contribution in [-0.2, 0) is 32.0 Å². The Labute approximate surface area is 163 Å². The van der Waals surface area contributed by atoms with Gasteiger partial charge in [-0.1, -0.05) is 13.3 Å². The zero-order chi connectivity index (χ0) is 20.5. The molecule has 0 aromatic heterocycles. The monoisotopic (exact) mass is 426 g/mol. The molecule has 0 spiro atoms. The molecule has 160 valence electrons. The molecule has 0 N–H and O–H groups in total. The van der Waals surface area contributed by atoms with E-state index in [0.29, 0.717) is 18.8 Å². The van der Waals surface area contributed by atoms with E-state index in [1.807, 2.05) is 0 Å². The second-order valence-corrected chi connectivity index (χ2v) is 11.5. The fraction of sp³-hybridized carbons (Fsp3) is 0.944. The van der Waals surface area contributed by atoms with E-state index in [0.717, 1.165) is 12.8 Å². The summed E-state index contributed by atoms with van der Waals surface area (Å²) in [7, 11) is -7.59. The lowest BCUT2D eigenvalue weighted by atomic mass is 9.78. The van der Waals surface area contributed by atoms with E-state index in [1.165, 1.54) is 0 Å². The second kappa shape index (κ2) is 11.8.